The Hall–Kier alpha value is -2.70. The van der Waals surface area contributed by atoms with E-state index in [2.05, 4.69) is 31.7 Å². The molecule has 2 aliphatic heterocycles. The van der Waals surface area contributed by atoms with Crippen LogP contribution in [0.15, 0.2) is 36.9 Å². The van der Waals surface area contributed by atoms with Crippen LogP contribution in [-0.4, -0.2) is 65.0 Å². The number of carbonyl (C=O) groups excluding carboxylic acids is 1. The van der Waals surface area contributed by atoms with Crippen LogP contribution in [0.1, 0.15) is 30.1 Å². The van der Waals surface area contributed by atoms with Crippen LogP contribution in [0.3, 0.4) is 0 Å². The molecule has 1 unspecified atom stereocenters. The second kappa shape index (κ2) is 7.90. The summed E-state index contributed by atoms with van der Waals surface area (Å²) >= 11 is 0. The van der Waals surface area contributed by atoms with Gasteiger partial charge >= 0.3 is 0 Å². The maximum atomic E-state index is 13.0. The first-order chi connectivity index (χ1) is 13.2. The SMILES string of the molecule is CC1CCCN(c2cncc(C(=O)N3CCN(c4ncccn4)CC3)c2)C1. The maximum absolute atomic E-state index is 13.0. The van der Waals surface area contributed by atoms with Crippen LogP contribution in [0.25, 0.3) is 0 Å². The predicted molar refractivity (Wildman–Crippen MR) is 105 cm³/mol. The highest BCUT2D eigenvalue weighted by Crippen LogP contribution is 2.23. The van der Waals surface area contributed by atoms with Crippen LogP contribution < -0.4 is 9.80 Å². The van der Waals surface area contributed by atoms with Crippen molar-refractivity contribution in [3.05, 3.63) is 42.5 Å². The van der Waals surface area contributed by atoms with E-state index in [1.807, 2.05) is 23.2 Å². The van der Waals surface area contributed by atoms with Crippen LogP contribution in [0.2, 0.25) is 0 Å². The molecule has 0 spiro atoms. The van der Waals surface area contributed by atoms with E-state index in [1.54, 1.807) is 18.6 Å². The zero-order valence-electron chi connectivity index (χ0n) is 15.8. The van der Waals surface area contributed by atoms with Gasteiger partial charge in [-0.15, -0.1) is 0 Å². The number of hydrogen-bond acceptors (Lipinski definition) is 6. The van der Waals surface area contributed by atoms with E-state index < -0.39 is 0 Å². The fourth-order valence-electron chi connectivity index (χ4n) is 3.89. The van der Waals surface area contributed by atoms with Gasteiger partial charge in [0, 0.05) is 57.9 Å². The summed E-state index contributed by atoms with van der Waals surface area (Å²) in [6.07, 6.45) is 9.53. The summed E-state index contributed by atoms with van der Waals surface area (Å²) < 4.78 is 0. The van der Waals surface area contributed by atoms with E-state index in [0.29, 0.717) is 24.6 Å². The van der Waals surface area contributed by atoms with E-state index in [9.17, 15) is 4.79 Å². The summed E-state index contributed by atoms with van der Waals surface area (Å²) in [4.78, 5) is 32.3. The van der Waals surface area contributed by atoms with E-state index in [4.69, 9.17) is 0 Å². The van der Waals surface area contributed by atoms with Crippen molar-refractivity contribution in [2.45, 2.75) is 19.8 Å². The third kappa shape index (κ3) is 4.02. The van der Waals surface area contributed by atoms with E-state index >= 15 is 0 Å². The monoisotopic (exact) mass is 366 g/mol. The van der Waals surface area contributed by atoms with Crippen molar-refractivity contribution >= 4 is 17.5 Å². The Morgan fingerprint density at radius 2 is 1.81 bits per heavy atom. The first-order valence-electron chi connectivity index (χ1n) is 9.72. The molecule has 4 rings (SSSR count). The van der Waals surface area contributed by atoms with Crippen LogP contribution in [0, 0.1) is 5.92 Å². The largest absolute Gasteiger partial charge is 0.370 e. The van der Waals surface area contributed by atoms with Crippen LogP contribution >= 0.6 is 0 Å². The van der Waals surface area contributed by atoms with Crippen LogP contribution in [0.5, 0.6) is 0 Å². The van der Waals surface area contributed by atoms with Gasteiger partial charge in [-0.2, -0.15) is 0 Å². The fraction of sp³-hybridized carbons (Fsp3) is 0.500. The minimum absolute atomic E-state index is 0.0584. The van der Waals surface area contributed by atoms with Gasteiger partial charge in [-0.25, -0.2) is 9.97 Å². The van der Waals surface area contributed by atoms with Crippen LogP contribution in [0.4, 0.5) is 11.6 Å². The number of carbonyl (C=O) groups is 1. The first-order valence-corrected chi connectivity index (χ1v) is 9.72. The Morgan fingerprint density at radius 3 is 2.56 bits per heavy atom. The minimum atomic E-state index is 0.0584. The summed E-state index contributed by atoms with van der Waals surface area (Å²) in [7, 11) is 0. The molecular formula is C20H26N6O. The second-order valence-corrected chi connectivity index (χ2v) is 7.45. The Morgan fingerprint density at radius 1 is 1.04 bits per heavy atom. The van der Waals surface area contributed by atoms with Crippen molar-refractivity contribution in [3.8, 4) is 0 Å². The lowest BCUT2D eigenvalue weighted by Gasteiger charge is -2.35. The zero-order valence-corrected chi connectivity index (χ0v) is 15.8. The molecule has 4 heterocycles. The number of aromatic nitrogens is 3. The Labute approximate surface area is 160 Å². The first kappa shape index (κ1) is 17.7. The molecule has 0 N–H and O–H groups in total. The molecule has 2 aromatic heterocycles. The van der Waals surface area contributed by atoms with Crippen molar-refractivity contribution in [2.24, 2.45) is 5.92 Å². The molecule has 0 bridgehead atoms. The maximum Gasteiger partial charge on any atom is 0.255 e. The summed E-state index contributed by atoms with van der Waals surface area (Å²) in [6.45, 7) is 7.18. The highest BCUT2D eigenvalue weighted by Gasteiger charge is 2.24. The van der Waals surface area contributed by atoms with Crippen molar-refractivity contribution < 1.29 is 4.79 Å². The number of piperazine rings is 1. The summed E-state index contributed by atoms with van der Waals surface area (Å²) in [5, 5.41) is 0. The third-order valence-electron chi connectivity index (χ3n) is 5.39. The minimum Gasteiger partial charge on any atom is -0.370 e. The van der Waals surface area contributed by atoms with Crippen molar-refractivity contribution in [1.82, 2.24) is 19.9 Å². The van der Waals surface area contributed by atoms with Gasteiger partial charge in [0.25, 0.3) is 5.91 Å². The number of anilines is 2. The molecule has 0 saturated carbocycles. The molecular weight excluding hydrogens is 340 g/mol. The molecule has 7 nitrogen and oxygen atoms in total. The lowest BCUT2D eigenvalue weighted by atomic mass is 10.00. The molecule has 2 aromatic rings. The lowest BCUT2D eigenvalue weighted by Crippen LogP contribution is -2.49. The highest BCUT2D eigenvalue weighted by molar-refractivity contribution is 5.95. The Bertz CT molecular complexity index is 775. The Balaban J connectivity index is 1.41. The average Bonchev–Trinajstić information content (AvgIpc) is 2.74. The second-order valence-electron chi connectivity index (χ2n) is 7.45. The topological polar surface area (TPSA) is 65.5 Å². The summed E-state index contributed by atoms with van der Waals surface area (Å²) in [6, 6.07) is 3.81. The molecule has 2 fully saturated rings. The predicted octanol–water partition coefficient (Wildman–Crippen LogP) is 2.07. The lowest BCUT2D eigenvalue weighted by molar-refractivity contribution is 0.0746. The van der Waals surface area contributed by atoms with Crippen molar-refractivity contribution in [1.29, 1.82) is 0 Å². The zero-order chi connectivity index (χ0) is 18.6. The molecule has 27 heavy (non-hydrogen) atoms. The van der Waals surface area contributed by atoms with Crippen molar-refractivity contribution in [3.63, 3.8) is 0 Å². The Kier molecular flexibility index (Phi) is 5.18. The molecule has 1 amide bonds. The highest BCUT2D eigenvalue weighted by atomic mass is 16.2. The van der Waals surface area contributed by atoms with Crippen molar-refractivity contribution in [2.75, 3.05) is 49.1 Å². The van der Waals surface area contributed by atoms with Gasteiger partial charge < -0.3 is 14.7 Å². The summed E-state index contributed by atoms with van der Waals surface area (Å²) in [5.74, 6) is 1.47. The molecule has 2 aliphatic rings. The van der Waals surface area contributed by atoms with E-state index in [1.165, 1.54) is 12.8 Å². The number of hydrogen-bond donors (Lipinski definition) is 0. The molecule has 142 valence electrons. The number of pyridine rings is 1. The molecule has 7 heteroatoms. The normalized spacial score (nSPS) is 20.6. The molecule has 0 aromatic carbocycles. The van der Waals surface area contributed by atoms with E-state index in [-0.39, 0.29) is 5.91 Å². The molecule has 2 saturated heterocycles. The average molecular weight is 366 g/mol. The van der Waals surface area contributed by atoms with Gasteiger partial charge in [0.1, 0.15) is 0 Å². The van der Waals surface area contributed by atoms with Gasteiger partial charge in [-0.1, -0.05) is 6.92 Å². The standard InChI is InChI=1S/C20H26N6O/c1-16-4-2-7-26(15-16)18-12-17(13-21-14-18)19(27)24-8-10-25(11-9-24)20-22-5-3-6-23-20/h3,5-6,12-14,16H,2,4,7-11,15H2,1H3. The van der Waals surface area contributed by atoms with Gasteiger partial charge in [-0.05, 0) is 30.9 Å². The molecule has 0 radical (unpaired) electrons. The third-order valence-corrected chi connectivity index (χ3v) is 5.39. The van der Waals surface area contributed by atoms with Crippen LogP contribution in [-0.2, 0) is 0 Å². The summed E-state index contributed by atoms with van der Waals surface area (Å²) in [5.41, 5.74) is 1.74. The quantitative estimate of drug-likeness (QED) is 0.829. The van der Waals surface area contributed by atoms with E-state index in [0.717, 1.165) is 37.8 Å². The number of nitrogens with zero attached hydrogens (tertiary/aromatic N) is 6. The number of rotatable bonds is 3. The van der Waals surface area contributed by atoms with Gasteiger partial charge in [-0.3, -0.25) is 9.78 Å². The van der Waals surface area contributed by atoms with Gasteiger partial charge in [0.2, 0.25) is 5.95 Å². The number of amides is 1. The number of piperidine rings is 1. The molecule has 1 atom stereocenters. The smallest absolute Gasteiger partial charge is 0.255 e. The van der Waals surface area contributed by atoms with Gasteiger partial charge in [0.15, 0.2) is 0 Å². The fourth-order valence-corrected chi connectivity index (χ4v) is 3.89. The van der Waals surface area contributed by atoms with Gasteiger partial charge in [0.05, 0.1) is 17.4 Å². The molecule has 0 aliphatic carbocycles.